The van der Waals surface area contributed by atoms with Crippen molar-refractivity contribution in [2.75, 3.05) is 6.54 Å². The number of rotatable bonds is 5. The van der Waals surface area contributed by atoms with E-state index >= 15 is 0 Å². The summed E-state index contributed by atoms with van der Waals surface area (Å²) in [4.78, 5) is 0. The summed E-state index contributed by atoms with van der Waals surface area (Å²) in [7, 11) is 0. The van der Waals surface area contributed by atoms with E-state index in [0.29, 0.717) is 0 Å². The molecule has 0 amide bonds. The molecule has 0 atom stereocenters. The molecule has 0 radical (unpaired) electrons. The maximum atomic E-state index is 5.85. The van der Waals surface area contributed by atoms with Crippen molar-refractivity contribution in [3.8, 4) is 11.5 Å². The third-order valence-corrected chi connectivity index (χ3v) is 2.79. The molecule has 0 aliphatic rings. The van der Waals surface area contributed by atoms with E-state index in [0.717, 1.165) is 30.2 Å². The van der Waals surface area contributed by atoms with E-state index in [9.17, 15) is 0 Å². The van der Waals surface area contributed by atoms with E-state index < -0.39 is 0 Å². The van der Waals surface area contributed by atoms with Crippen LogP contribution in [0, 0.1) is 6.92 Å². The molecule has 2 aromatic carbocycles. The molecule has 0 spiro atoms. The standard InChI is InChI=1S/C16H19NO/c1-3-17-12-14-9-10-16(13(2)11-14)18-15-7-5-4-6-8-15/h4-11,17H,3,12H2,1-2H3. The first-order chi connectivity index (χ1) is 8.79. The van der Waals surface area contributed by atoms with Gasteiger partial charge in [-0.3, -0.25) is 0 Å². The number of aryl methyl sites for hydroxylation is 1. The van der Waals surface area contributed by atoms with E-state index in [4.69, 9.17) is 4.74 Å². The van der Waals surface area contributed by atoms with Crippen LogP contribution in [0.3, 0.4) is 0 Å². The van der Waals surface area contributed by atoms with Gasteiger partial charge in [0.25, 0.3) is 0 Å². The number of hydrogen-bond donors (Lipinski definition) is 1. The van der Waals surface area contributed by atoms with Gasteiger partial charge in [0.15, 0.2) is 0 Å². The molecule has 0 fully saturated rings. The second-order valence-corrected chi connectivity index (χ2v) is 4.30. The minimum absolute atomic E-state index is 0.875. The van der Waals surface area contributed by atoms with Crippen LogP contribution in [0.5, 0.6) is 11.5 Å². The molecule has 94 valence electrons. The van der Waals surface area contributed by atoms with Gasteiger partial charge in [0.05, 0.1) is 0 Å². The lowest BCUT2D eigenvalue weighted by Gasteiger charge is -2.10. The van der Waals surface area contributed by atoms with Gasteiger partial charge in [-0.1, -0.05) is 37.3 Å². The van der Waals surface area contributed by atoms with Crippen molar-refractivity contribution < 1.29 is 4.74 Å². The van der Waals surface area contributed by atoms with Gasteiger partial charge < -0.3 is 10.1 Å². The van der Waals surface area contributed by atoms with Crippen LogP contribution in [0.15, 0.2) is 48.5 Å². The summed E-state index contributed by atoms with van der Waals surface area (Å²) >= 11 is 0. The Kier molecular flexibility index (Phi) is 4.37. The lowest BCUT2D eigenvalue weighted by Crippen LogP contribution is -2.11. The molecule has 1 N–H and O–H groups in total. The highest BCUT2D eigenvalue weighted by atomic mass is 16.5. The Morgan fingerprint density at radius 1 is 1.06 bits per heavy atom. The summed E-state index contributed by atoms with van der Waals surface area (Å²) in [5, 5.41) is 3.32. The van der Waals surface area contributed by atoms with Crippen molar-refractivity contribution in [2.45, 2.75) is 20.4 Å². The van der Waals surface area contributed by atoms with Gasteiger partial charge in [0, 0.05) is 6.54 Å². The minimum atomic E-state index is 0.875. The highest BCUT2D eigenvalue weighted by Gasteiger charge is 2.02. The number of hydrogen-bond acceptors (Lipinski definition) is 2. The summed E-state index contributed by atoms with van der Waals surface area (Å²) in [6.45, 7) is 6.08. The summed E-state index contributed by atoms with van der Waals surface area (Å²) in [6, 6.07) is 16.2. The summed E-state index contributed by atoms with van der Waals surface area (Å²) < 4.78 is 5.85. The molecule has 0 aromatic heterocycles. The Hall–Kier alpha value is -1.80. The summed E-state index contributed by atoms with van der Waals surface area (Å²) in [5.74, 6) is 1.79. The van der Waals surface area contributed by atoms with Crippen molar-refractivity contribution in [3.05, 3.63) is 59.7 Å². The molecule has 0 unspecified atom stereocenters. The zero-order valence-corrected chi connectivity index (χ0v) is 10.9. The quantitative estimate of drug-likeness (QED) is 0.857. The van der Waals surface area contributed by atoms with Gasteiger partial charge >= 0.3 is 0 Å². The molecule has 2 heteroatoms. The Balaban J connectivity index is 2.10. The van der Waals surface area contributed by atoms with Gasteiger partial charge in [0.2, 0.25) is 0 Å². The first kappa shape index (κ1) is 12.7. The molecule has 0 heterocycles. The maximum absolute atomic E-state index is 5.85. The predicted molar refractivity (Wildman–Crippen MR) is 75.1 cm³/mol. The molecular formula is C16H19NO. The lowest BCUT2D eigenvalue weighted by atomic mass is 10.1. The molecule has 0 aliphatic heterocycles. The van der Waals surface area contributed by atoms with Gasteiger partial charge in [-0.2, -0.15) is 0 Å². The van der Waals surface area contributed by atoms with Gasteiger partial charge in [-0.25, -0.2) is 0 Å². The fraction of sp³-hybridized carbons (Fsp3) is 0.250. The van der Waals surface area contributed by atoms with Crippen molar-refractivity contribution >= 4 is 0 Å². The predicted octanol–water partition coefficient (Wildman–Crippen LogP) is 3.90. The topological polar surface area (TPSA) is 21.3 Å². The smallest absolute Gasteiger partial charge is 0.130 e. The fourth-order valence-corrected chi connectivity index (χ4v) is 1.82. The molecule has 0 aliphatic carbocycles. The Labute approximate surface area is 109 Å². The number of nitrogens with one attached hydrogen (secondary N) is 1. The van der Waals surface area contributed by atoms with E-state index in [1.807, 2.05) is 36.4 Å². The highest BCUT2D eigenvalue weighted by molar-refractivity contribution is 5.39. The fourth-order valence-electron chi connectivity index (χ4n) is 1.82. The third-order valence-electron chi connectivity index (χ3n) is 2.79. The van der Waals surface area contributed by atoms with Gasteiger partial charge in [-0.05, 0) is 42.8 Å². The average Bonchev–Trinajstić information content (AvgIpc) is 2.40. The monoisotopic (exact) mass is 241 g/mol. The lowest BCUT2D eigenvalue weighted by molar-refractivity contribution is 0.478. The zero-order chi connectivity index (χ0) is 12.8. The van der Waals surface area contributed by atoms with Crippen LogP contribution < -0.4 is 10.1 Å². The van der Waals surface area contributed by atoms with Crippen molar-refractivity contribution in [1.82, 2.24) is 5.32 Å². The number of ether oxygens (including phenoxy) is 1. The van der Waals surface area contributed by atoms with E-state index in [2.05, 4.69) is 31.3 Å². The van der Waals surface area contributed by atoms with Crippen LogP contribution in [0.1, 0.15) is 18.1 Å². The Bertz CT molecular complexity index is 494. The van der Waals surface area contributed by atoms with Crippen molar-refractivity contribution in [3.63, 3.8) is 0 Å². The second kappa shape index (κ2) is 6.22. The molecule has 2 rings (SSSR count). The summed E-state index contributed by atoms with van der Waals surface area (Å²) in [6.07, 6.45) is 0. The molecular weight excluding hydrogens is 222 g/mol. The Morgan fingerprint density at radius 2 is 1.83 bits per heavy atom. The molecule has 0 saturated carbocycles. The summed E-state index contributed by atoms with van der Waals surface area (Å²) in [5.41, 5.74) is 2.45. The van der Waals surface area contributed by atoms with Crippen molar-refractivity contribution in [1.29, 1.82) is 0 Å². The van der Waals surface area contributed by atoms with Gasteiger partial charge in [0.1, 0.15) is 11.5 Å². The van der Waals surface area contributed by atoms with E-state index in [1.54, 1.807) is 0 Å². The molecule has 0 bridgehead atoms. The first-order valence-corrected chi connectivity index (χ1v) is 6.32. The van der Waals surface area contributed by atoms with Crippen LogP contribution in [-0.2, 0) is 6.54 Å². The highest BCUT2D eigenvalue weighted by Crippen LogP contribution is 2.25. The number of para-hydroxylation sites is 1. The zero-order valence-electron chi connectivity index (χ0n) is 10.9. The van der Waals surface area contributed by atoms with Crippen LogP contribution in [0.4, 0.5) is 0 Å². The molecule has 2 aromatic rings. The van der Waals surface area contributed by atoms with Crippen LogP contribution >= 0.6 is 0 Å². The van der Waals surface area contributed by atoms with Crippen LogP contribution in [-0.4, -0.2) is 6.54 Å². The largest absolute Gasteiger partial charge is 0.457 e. The third kappa shape index (κ3) is 3.34. The SMILES string of the molecule is CCNCc1ccc(Oc2ccccc2)c(C)c1. The molecule has 0 saturated heterocycles. The normalized spacial score (nSPS) is 10.3. The van der Waals surface area contributed by atoms with E-state index in [-0.39, 0.29) is 0 Å². The average molecular weight is 241 g/mol. The Morgan fingerprint density at radius 3 is 2.50 bits per heavy atom. The van der Waals surface area contributed by atoms with Crippen LogP contribution in [0.2, 0.25) is 0 Å². The molecule has 18 heavy (non-hydrogen) atoms. The first-order valence-electron chi connectivity index (χ1n) is 6.32. The van der Waals surface area contributed by atoms with Crippen molar-refractivity contribution in [2.24, 2.45) is 0 Å². The number of benzene rings is 2. The van der Waals surface area contributed by atoms with E-state index in [1.165, 1.54) is 5.56 Å². The van der Waals surface area contributed by atoms with Crippen LogP contribution in [0.25, 0.3) is 0 Å². The molecule has 2 nitrogen and oxygen atoms in total. The minimum Gasteiger partial charge on any atom is -0.457 e. The van der Waals surface area contributed by atoms with Gasteiger partial charge in [-0.15, -0.1) is 0 Å². The maximum Gasteiger partial charge on any atom is 0.130 e. The second-order valence-electron chi connectivity index (χ2n) is 4.30.